The second-order valence-corrected chi connectivity index (χ2v) is 4.80. The van der Waals surface area contributed by atoms with Crippen LogP contribution in [0, 0.1) is 5.92 Å². The van der Waals surface area contributed by atoms with E-state index in [1.807, 2.05) is 13.8 Å². The normalized spacial score (nSPS) is 10.2. The maximum Gasteiger partial charge on any atom is 0.356 e. The molecule has 0 atom stereocenters. The van der Waals surface area contributed by atoms with Crippen LogP contribution in [-0.2, 0) is 9.53 Å². The third kappa shape index (κ3) is 5.69. The molecule has 0 radical (unpaired) electrons. The largest absolute Gasteiger partial charge is 0.464 e. The second kappa shape index (κ2) is 8.14. The molecule has 0 spiro atoms. The van der Waals surface area contributed by atoms with Gasteiger partial charge in [0.15, 0.2) is 0 Å². The van der Waals surface area contributed by atoms with E-state index < -0.39 is 5.97 Å². The molecule has 0 bridgehead atoms. The highest BCUT2D eigenvalue weighted by Crippen LogP contribution is 2.08. The van der Waals surface area contributed by atoms with Crippen LogP contribution < -0.4 is 10.6 Å². The van der Waals surface area contributed by atoms with Crippen molar-refractivity contribution in [2.75, 3.05) is 25.5 Å². The number of rotatable bonds is 7. The number of methoxy groups -OCH3 is 1. The van der Waals surface area contributed by atoms with E-state index in [0.29, 0.717) is 25.4 Å². The summed E-state index contributed by atoms with van der Waals surface area (Å²) in [5, 5.41) is 5.92. The first-order valence-electron chi connectivity index (χ1n) is 6.58. The number of amides is 1. The molecule has 0 aromatic carbocycles. The SMILES string of the molecule is COC(=O)c1cc(NCCC(=O)NCC(C)C)ccn1. The van der Waals surface area contributed by atoms with Gasteiger partial charge in [0.05, 0.1) is 7.11 Å². The van der Waals surface area contributed by atoms with Gasteiger partial charge < -0.3 is 15.4 Å². The highest BCUT2D eigenvalue weighted by molar-refractivity contribution is 5.88. The van der Waals surface area contributed by atoms with E-state index in [-0.39, 0.29) is 11.6 Å². The summed E-state index contributed by atoms with van der Waals surface area (Å²) < 4.78 is 4.59. The number of hydrogen-bond acceptors (Lipinski definition) is 5. The van der Waals surface area contributed by atoms with Crippen molar-refractivity contribution in [2.24, 2.45) is 5.92 Å². The zero-order chi connectivity index (χ0) is 15.0. The van der Waals surface area contributed by atoms with Crippen LogP contribution in [0.25, 0.3) is 0 Å². The van der Waals surface area contributed by atoms with Crippen molar-refractivity contribution in [3.05, 3.63) is 24.0 Å². The van der Waals surface area contributed by atoms with Gasteiger partial charge in [-0.05, 0) is 18.1 Å². The van der Waals surface area contributed by atoms with Crippen molar-refractivity contribution in [2.45, 2.75) is 20.3 Å². The van der Waals surface area contributed by atoms with E-state index in [1.165, 1.54) is 13.3 Å². The molecule has 0 aliphatic carbocycles. The molecule has 6 heteroatoms. The molecular formula is C14H21N3O3. The fourth-order valence-corrected chi connectivity index (χ4v) is 1.48. The molecule has 1 amide bonds. The minimum Gasteiger partial charge on any atom is -0.464 e. The van der Waals surface area contributed by atoms with E-state index in [4.69, 9.17) is 0 Å². The number of carbonyl (C=O) groups excluding carboxylic acids is 2. The topological polar surface area (TPSA) is 80.3 Å². The molecule has 1 aromatic heterocycles. The van der Waals surface area contributed by atoms with Gasteiger partial charge in [0.2, 0.25) is 5.91 Å². The van der Waals surface area contributed by atoms with Crippen molar-refractivity contribution >= 4 is 17.6 Å². The maximum absolute atomic E-state index is 11.5. The number of carbonyl (C=O) groups is 2. The summed E-state index contributed by atoms with van der Waals surface area (Å²) in [5.74, 6) is -0.0357. The van der Waals surface area contributed by atoms with Gasteiger partial charge in [0, 0.05) is 31.4 Å². The van der Waals surface area contributed by atoms with Gasteiger partial charge in [-0.15, -0.1) is 0 Å². The summed E-state index contributed by atoms with van der Waals surface area (Å²) >= 11 is 0. The number of nitrogens with zero attached hydrogens (tertiary/aromatic N) is 1. The number of ether oxygens (including phenoxy) is 1. The molecular weight excluding hydrogens is 258 g/mol. The molecule has 1 heterocycles. The van der Waals surface area contributed by atoms with Gasteiger partial charge in [-0.3, -0.25) is 4.79 Å². The summed E-state index contributed by atoms with van der Waals surface area (Å²) in [6, 6.07) is 3.33. The van der Waals surface area contributed by atoms with Crippen molar-refractivity contribution in [1.29, 1.82) is 0 Å². The third-order valence-electron chi connectivity index (χ3n) is 2.54. The first-order chi connectivity index (χ1) is 9.52. The molecule has 0 fully saturated rings. The Morgan fingerprint density at radius 3 is 2.80 bits per heavy atom. The lowest BCUT2D eigenvalue weighted by Crippen LogP contribution is -2.28. The lowest BCUT2D eigenvalue weighted by Gasteiger charge is -2.09. The van der Waals surface area contributed by atoms with Crippen molar-refractivity contribution in [1.82, 2.24) is 10.3 Å². The lowest BCUT2D eigenvalue weighted by molar-refractivity contribution is -0.120. The summed E-state index contributed by atoms with van der Waals surface area (Å²) in [7, 11) is 1.31. The first-order valence-corrected chi connectivity index (χ1v) is 6.58. The zero-order valence-electron chi connectivity index (χ0n) is 12.1. The fraction of sp³-hybridized carbons (Fsp3) is 0.500. The van der Waals surface area contributed by atoms with Crippen LogP contribution in [0.15, 0.2) is 18.3 Å². The van der Waals surface area contributed by atoms with E-state index in [2.05, 4.69) is 20.4 Å². The number of hydrogen-bond donors (Lipinski definition) is 2. The van der Waals surface area contributed by atoms with Crippen molar-refractivity contribution < 1.29 is 14.3 Å². The Morgan fingerprint density at radius 2 is 2.15 bits per heavy atom. The van der Waals surface area contributed by atoms with Gasteiger partial charge in [-0.25, -0.2) is 9.78 Å². The second-order valence-electron chi connectivity index (χ2n) is 4.80. The Hall–Kier alpha value is -2.11. The number of esters is 1. The van der Waals surface area contributed by atoms with E-state index >= 15 is 0 Å². The molecule has 0 aliphatic heterocycles. The number of pyridine rings is 1. The number of anilines is 1. The molecule has 2 N–H and O–H groups in total. The van der Waals surface area contributed by atoms with Gasteiger partial charge in [-0.2, -0.15) is 0 Å². The molecule has 0 saturated carbocycles. The Morgan fingerprint density at radius 1 is 1.40 bits per heavy atom. The van der Waals surface area contributed by atoms with Crippen molar-refractivity contribution in [3.63, 3.8) is 0 Å². The highest BCUT2D eigenvalue weighted by atomic mass is 16.5. The van der Waals surface area contributed by atoms with Crippen LogP contribution >= 0.6 is 0 Å². The van der Waals surface area contributed by atoms with Crippen LogP contribution in [0.1, 0.15) is 30.8 Å². The van der Waals surface area contributed by atoms with E-state index in [0.717, 1.165) is 5.69 Å². The third-order valence-corrected chi connectivity index (χ3v) is 2.54. The Balaban J connectivity index is 2.38. The average Bonchev–Trinajstić information content (AvgIpc) is 2.44. The first kappa shape index (κ1) is 15.9. The van der Waals surface area contributed by atoms with Gasteiger partial charge in [0.1, 0.15) is 5.69 Å². The summed E-state index contributed by atoms with van der Waals surface area (Å²) in [6.07, 6.45) is 1.90. The summed E-state index contributed by atoms with van der Waals surface area (Å²) in [5.41, 5.74) is 0.971. The van der Waals surface area contributed by atoms with Gasteiger partial charge in [-0.1, -0.05) is 13.8 Å². The fourth-order valence-electron chi connectivity index (χ4n) is 1.48. The minimum absolute atomic E-state index is 0.00782. The minimum atomic E-state index is -0.483. The molecule has 6 nitrogen and oxygen atoms in total. The Kier molecular flexibility index (Phi) is 6.49. The van der Waals surface area contributed by atoms with Crippen LogP contribution in [0.2, 0.25) is 0 Å². The van der Waals surface area contributed by atoms with E-state index in [9.17, 15) is 9.59 Å². The molecule has 110 valence electrons. The Labute approximate surface area is 118 Å². The predicted molar refractivity (Wildman–Crippen MR) is 76.5 cm³/mol. The highest BCUT2D eigenvalue weighted by Gasteiger charge is 2.07. The van der Waals surface area contributed by atoms with Gasteiger partial charge in [0.25, 0.3) is 0 Å². The number of aromatic nitrogens is 1. The maximum atomic E-state index is 11.5. The zero-order valence-corrected chi connectivity index (χ0v) is 12.1. The quantitative estimate of drug-likeness (QED) is 0.738. The molecule has 1 rings (SSSR count). The lowest BCUT2D eigenvalue weighted by atomic mass is 10.2. The van der Waals surface area contributed by atoms with E-state index in [1.54, 1.807) is 12.1 Å². The molecule has 0 aliphatic rings. The monoisotopic (exact) mass is 279 g/mol. The van der Waals surface area contributed by atoms with Crippen molar-refractivity contribution in [3.8, 4) is 0 Å². The molecule has 20 heavy (non-hydrogen) atoms. The smallest absolute Gasteiger partial charge is 0.356 e. The van der Waals surface area contributed by atoms with Crippen LogP contribution in [-0.4, -0.2) is 37.1 Å². The predicted octanol–water partition coefficient (Wildman–Crippen LogP) is 1.44. The molecule has 0 unspecified atom stereocenters. The van der Waals surface area contributed by atoms with Crippen LogP contribution in [0.5, 0.6) is 0 Å². The Bertz CT molecular complexity index is 461. The van der Waals surface area contributed by atoms with Crippen LogP contribution in [0.4, 0.5) is 5.69 Å². The van der Waals surface area contributed by atoms with Gasteiger partial charge >= 0.3 is 5.97 Å². The standard InChI is InChI=1S/C14H21N3O3/c1-10(2)9-17-13(18)5-7-15-11-4-6-16-12(8-11)14(19)20-3/h4,6,8,10H,5,7,9H2,1-3H3,(H,15,16)(H,17,18). The van der Waals surface area contributed by atoms with Crippen LogP contribution in [0.3, 0.4) is 0 Å². The number of nitrogens with one attached hydrogen (secondary N) is 2. The average molecular weight is 279 g/mol. The molecule has 1 aromatic rings. The molecule has 0 saturated heterocycles. The summed E-state index contributed by atoms with van der Waals surface area (Å²) in [4.78, 5) is 26.8. The summed E-state index contributed by atoms with van der Waals surface area (Å²) in [6.45, 7) is 5.27.